The second kappa shape index (κ2) is 6.48. The number of anilines is 1. The van der Waals surface area contributed by atoms with Crippen LogP contribution in [0.2, 0.25) is 0 Å². The predicted octanol–water partition coefficient (Wildman–Crippen LogP) is 4.52. The lowest BCUT2D eigenvalue weighted by Gasteiger charge is -2.09. The number of fused-ring (bicyclic) bond motifs is 1. The van der Waals surface area contributed by atoms with E-state index in [0.29, 0.717) is 5.57 Å². The zero-order valence-electron chi connectivity index (χ0n) is 13.3. The van der Waals surface area contributed by atoms with Gasteiger partial charge in [0.15, 0.2) is 0 Å². The van der Waals surface area contributed by atoms with Crippen LogP contribution in [0.5, 0.6) is 0 Å². The third-order valence-corrected chi connectivity index (χ3v) is 3.69. The van der Waals surface area contributed by atoms with Gasteiger partial charge in [-0.25, -0.2) is 4.98 Å². The zero-order valence-corrected chi connectivity index (χ0v) is 13.3. The Morgan fingerprint density at radius 3 is 2.70 bits per heavy atom. The number of amides is 1. The molecule has 4 nitrogen and oxygen atoms in total. The number of carbonyl (C=O) groups is 1. The SMILES string of the molecule is CCC=C(C)C(=O)Nc1ccccc1-c1nc2ccccc2[nH]1. The monoisotopic (exact) mass is 305 g/mol. The van der Waals surface area contributed by atoms with Crippen molar-refractivity contribution in [3.05, 3.63) is 60.2 Å². The van der Waals surface area contributed by atoms with E-state index in [2.05, 4.69) is 15.3 Å². The Kier molecular flexibility index (Phi) is 4.24. The highest BCUT2D eigenvalue weighted by molar-refractivity contribution is 6.05. The summed E-state index contributed by atoms with van der Waals surface area (Å²) >= 11 is 0. The largest absolute Gasteiger partial charge is 0.338 e. The third-order valence-electron chi connectivity index (χ3n) is 3.69. The molecule has 3 aromatic rings. The smallest absolute Gasteiger partial charge is 0.250 e. The van der Waals surface area contributed by atoms with E-state index in [4.69, 9.17) is 0 Å². The standard InChI is InChI=1S/C19H19N3O/c1-3-8-13(2)19(23)22-15-10-5-4-9-14(15)18-20-16-11-6-7-12-17(16)21-18/h4-12H,3H2,1-2H3,(H,20,21)(H,22,23). The van der Waals surface area contributed by atoms with Crippen LogP contribution in [0.15, 0.2) is 60.2 Å². The number of carbonyl (C=O) groups excluding carboxylic acids is 1. The summed E-state index contributed by atoms with van der Waals surface area (Å²) in [6.07, 6.45) is 2.75. The fourth-order valence-electron chi connectivity index (χ4n) is 2.50. The number of hydrogen-bond acceptors (Lipinski definition) is 2. The number of imidazole rings is 1. The van der Waals surface area contributed by atoms with E-state index in [1.807, 2.05) is 68.5 Å². The first-order valence-corrected chi connectivity index (χ1v) is 7.71. The van der Waals surface area contributed by atoms with Crippen LogP contribution < -0.4 is 5.32 Å². The first-order chi connectivity index (χ1) is 11.2. The van der Waals surface area contributed by atoms with E-state index < -0.39 is 0 Å². The maximum Gasteiger partial charge on any atom is 0.250 e. The lowest BCUT2D eigenvalue weighted by molar-refractivity contribution is -0.112. The summed E-state index contributed by atoms with van der Waals surface area (Å²) in [5, 5.41) is 2.97. The Morgan fingerprint density at radius 1 is 1.17 bits per heavy atom. The van der Waals surface area contributed by atoms with Gasteiger partial charge in [0.2, 0.25) is 0 Å². The van der Waals surface area contributed by atoms with Gasteiger partial charge in [-0.15, -0.1) is 0 Å². The summed E-state index contributed by atoms with van der Waals surface area (Å²) in [5.41, 5.74) is 4.23. The van der Waals surface area contributed by atoms with Crippen molar-refractivity contribution < 1.29 is 4.79 Å². The minimum absolute atomic E-state index is 0.0876. The van der Waals surface area contributed by atoms with E-state index in [0.717, 1.165) is 34.5 Å². The molecule has 0 aliphatic heterocycles. The molecule has 1 amide bonds. The summed E-state index contributed by atoms with van der Waals surface area (Å²) in [5.74, 6) is 0.662. The molecule has 0 spiro atoms. The Bertz CT molecular complexity index is 844. The van der Waals surface area contributed by atoms with E-state index >= 15 is 0 Å². The number of rotatable bonds is 4. The minimum atomic E-state index is -0.0876. The van der Waals surface area contributed by atoms with Gasteiger partial charge in [-0.3, -0.25) is 4.79 Å². The molecule has 116 valence electrons. The van der Waals surface area contributed by atoms with E-state index in [9.17, 15) is 4.79 Å². The molecule has 1 aromatic heterocycles. The Hall–Kier alpha value is -2.88. The number of nitrogens with zero attached hydrogens (tertiary/aromatic N) is 1. The molecule has 3 rings (SSSR count). The van der Waals surface area contributed by atoms with E-state index in [1.165, 1.54) is 0 Å². The highest BCUT2D eigenvalue weighted by atomic mass is 16.1. The average Bonchev–Trinajstić information content (AvgIpc) is 2.99. The lowest BCUT2D eigenvalue weighted by atomic mass is 10.1. The normalized spacial score (nSPS) is 11.7. The number of aromatic nitrogens is 2. The Labute approximate surface area is 135 Å². The van der Waals surface area contributed by atoms with Gasteiger partial charge >= 0.3 is 0 Å². The molecule has 0 aliphatic rings. The van der Waals surface area contributed by atoms with E-state index in [-0.39, 0.29) is 5.91 Å². The zero-order chi connectivity index (χ0) is 16.2. The van der Waals surface area contributed by atoms with Crippen LogP contribution in [0.1, 0.15) is 20.3 Å². The van der Waals surface area contributed by atoms with Crippen LogP contribution in [0.25, 0.3) is 22.4 Å². The summed E-state index contributed by atoms with van der Waals surface area (Å²) in [6, 6.07) is 15.6. The topological polar surface area (TPSA) is 57.8 Å². The molecule has 1 heterocycles. The van der Waals surface area contributed by atoms with Crippen molar-refractivity contribution in [3.8, 4) is 11.4 Å². The molecule has 2 aromatic carbocycles. The Balaban J connectivity index is 1.97. The van der Waals surface area contributed by atoms with Crippen LogP contribution in [-0.2, 0) is 4.79 Å². The molecule has 23 heavy (non-hydrogen) atoms. The van der Waals surface area contributed by atoms with Crippen molar-refractivity contribution in [1.82, 2.24) is 9.97 Å². The van der Waals surface area contributed by atoms with Gasteiger partial charge in [0.1, 0.15) is 5.82 Å². The minimum Gasteiger partial charge on any atom is -0.338 e. The summed E-state index contributed by atoms with van der Waals surface area (Å²) in [6.45, 7) is 3.84. The molecule has 0 unspecified atom stereocenters. The van der Waals surface area contributed by atoms with Gasteiger partial charge in [0.25, 0.3) is 5.91 Å². The van der Waals surface area contributed by atoms with E-state index in [1.54, 1.807) is 0 Å². The van der Waals surface area contributed by atoms with Crippen LogP contribution in [0.3, 0.4) is 0 Å². The molecule has 4 heteroatoms. The average molecular weight is 305 g/mol. The molecule has 0 saturated carbocycles. The summed E-state index contributed by atoms with van der Waals surface area (Å²) in [7, 11) is 0. The van der Waals surface area contributed by atoms with Crippen molar-refractivity contribution in [2.45, 2.75) is 20.3 Å². The van der Waals surface area contributed by atoms with Gasteiger partial charge in [-0.2, -0.15) is 0 Å². The second-order valence-corrected chi connectivity index (χ2v) is 5.40. The quantitative estimate of drug-likeness (QED) is 0.696. The Morgan fingerprint density at radius 2 is 1.91 bits per heavy atom. The summed E-state index contributed by atoms with van der Waals surface area (Å²) < 4.78 is 0. The molecule has 0 radical (unpaired) electrons. The number of para-hydroxylation sites is 3. The number of nitrogens with one attached hydrogen (secondary N) is 2. The summed E-state index contributed by atoms with van der Waals surface area (Å²) in [4.78, 5) is 20.2. The highest BCUT2D eigenvalue weighted by Gasteiger charge is 2.12. The molecular weight excluding hydrogens is 286 g/mol. The first kappa shape index (κ1) is 15.0. The first-order valence-electron chi connectivity index (χ1n) is 7.71. The maximum atomic E-state index is 12.2. The van der Waals surface area contributed by atoms with Crippen LogP contribution in [0, 0.1) is 0 Å². The van der Waals surface area contributed by atoms with Crippen LogP contribution >= 0.6 is 0 Å². The number of H-pyrrole nitrogens is 1. The molecule has 0 atom stereocenters. The maximum absolute atomic E-state index is 12.2. The predicted molar refractivity (Wildman–Crippen MR) is 94.2 cm³/mol. The number of aromatic amines is 1. The molecule has 0 saturated heterocycles. The molecule has 0 fully saturated rings. The van der Waals surface area contributed by atoms with Gasteiger partial charge in [0, 0.05) is 11.1 Å². The van der Waals surface area contributed by atoms with Crippen molar-refractivity contribution in [2.75, 3.05) is 5.32 Å². The molecular formula is C19H19N3O. The fraction of sp³-hybridized carbons (Fsp3) is 0.158. The van der Waals surface area contributed by atoms with Crippen molar-refractivity contribution >= 4 is 22.6 Å². The number of hydrogen-bond donors (Lipinski definition) is 2. The molecule has 0 aliphatic carbocycles. The number of benzene rings is 2. The second-order valence-electron chi connectivity index (χ2n) is 5.40. The van der Waals surface area contributed by atoms with Gasteiger partial charge in [-0.05, 0) is 37.6 Å². The number of allylic oxidation sites excluding steroid dienone is 1. The van der Waals surface area contributed by atoms with Gasteiger partial charge in [0.05, 0.1) is 16.7 Å². The molecule has 2 N–H and O–H groups in total. The molecule has 0 bridgehead atoms. The fourth-order valence-corrected chi connectivity index (χ4v) is 2.50. The lowest BCUT2D eigenvalue weighted by Crippen LogP contribution is -2.13. The van der Waals surface area contributed by atoms with Crippen molar-refractivity contribution in [2.24, 2.45) is 0 Å². The highest BCUT2D eigenvalue weighted by Crippen LogP contribution is 2.27. The van der Waals surface area contributed by atoms with Gasteiger partial charge < -0.3 is 10.3 Å². The van der Waals surface area contributed by atoms with Crippen LogP contribution in [0.4, 0.5) is 5.69 Å². The third kappa shape index (κ3) is 3.16. The van der Waals surface area contributed by atoms with Gasteiger partial charge in [-0.1, -0.05) is 37.3 Å². The van der Waals surface area contributed by atoms with Crippen molar-refractivity contribution in [3.63, 3.8) is 0 Å². The van der Waals surface area contributed by atoms with Crippen LogP contribution in [-0.4, -0.2) is 15.9 Å². The van der Waals surface area contributed by atoms with Crippen molar-refractivity contribution in [1.29, 1.82) is 0 Å².